The molecule has 1 aliphatic heterocycles. The van der Waals surface area contributed by atoms with E-state index in [1.54, 1.807) is 0 Å². The molecule has 0 spiro atoms. The van der Waals surface area contributed by atoms with Crippen LogP contribution in [0, 0.1) is 0 Å². The highest BCUT2D eigenvalue weighted by atomic mass is 79.9. The van der Waals surface area contributed by atoms with E-state index in [-0.39, 0.29) is 24.6 Å². The number of halogens is 1. The van der Waals surface area contributed by atoms with Crippen LogP contribution in [-0.2, 0) is 14.0 Å². The summed E-state index contributed by atoms with van der Waals surface area (Å²) < 4.78 is 25.2. The van der Waals surface area contributed by atoms with Crippen molar-refractivity contribution >= 4 is 28.5 Å². The van der Waals surface area contributed by atoms with Crippen LogP contribution in [0.1, 0.15) is 66.7 Å². The maximum atomic E-state index is 6.12. The van der Waals surface area contributed by atoms with Crippen molar-refractivity contribution < 1.29 is 18.8 Å². The minimum Gasteiger partial charge on any atom is -0.464 e. The molecule has 1 aliphatic carbocycles. The third-order valence-corrected chi connectivity index (χ3v) is 6.33. The molecule has 2 aliphatic rings. The molecule has 0 radical (unpaired) electrons. The zero-order chi connectivity index (χ0) is 18.9. The van der Waals surface area contributed by atoms with E-state index in [1.165, 1.54) is 19.3 Å². The van der Waals surface area contributed by atoms with Crippen LogP contribution >= 0.6 is 15.9 Å². The Morgan fingerprint density at radius 2 is 1.69 bits per heavy atom. The predicted molar refractivity (Wildman–Crippen MR) is 108 cm³/mol. The van der Waals surface area contributed by atoms with Gasteiger partial charge in [0.25, 0.3) is 0 Å². The first kappa shape index (κ1) is 20.2. The molecule has 26 heavy (non-hydrogen) atoms. The third kappa shape index (κ3) is 4.46. The summed E-state index contributed by atoms with van der Waals surface area (Å²) in [5.74, 6) is 0.772. The van der Waals surface area contributed by atoms with Gasteiger partial charge in [-0.25, -0.2) is 0 Å². The molecule has 1 heterocycles. The van der Waals surface area contributed by atoms with Crippen molar-refractivity contribution in [3.05, 3.63) is 22.7 Å². The Hall–Kier alpha value is -0.555. The first-order valence-electron chi connectivity index (χ1n) is 9.65. The molecule has 0 N–H and O–H groups in total. The van der Waals surface area contributed by atoms with Gasteiger partial charge in [-0.15, -0.1) is 0 Å². The van der Waals surface area contributed by atoms with E-state index in [0.717, 1.165) is 28.5 Å². The second kappa shape index (κ2) is 7.82. The second-order valence-electron chi connectivity index (χ2n) is 8.36. The average Bonchev–Trinajstić information content (AvgIpc) is 2.78. The molecule has 1 aromatic carbocycles. The smallest absolute Gasteiger partial charge is 0.464 e. The Morgan fingerprint density at radius 1 is 1.08 bits per heavy atom. The highest BCUT2D eigenvalue weighted by Crippen LogP contribution is 2.37. The topological polar surface area (TPSA) is 36.9 Å². The number of hydrogen-bond acceptors (Lipinski definition) is 4. The molecular weight excluding hydrogens is 395 g/mol. The number of ether oxygens (including phenoxy) is 2. The van der Waals surface area contributed by atoms with Crippen LogP contribution in [0.2, 0.25) is 0 Å². The van der Waals surface area contributed by atoms with Gasteiger partial charge in [0.1, 0.15) is 5.75 Å². The quantitative estimate of drug-likeness (QED) is 0.501. The van der Waals surface area contributed by atoms with E-state index in [0.29, 0.717) is 6.10 Å². The van der Waals surface area contributed by atoms with Gasteiger partial charge < -0.3 is 18.8 Å². The van der Waals surface area contributed by atoms with Crippen molar-refractivity contribution in [3.8, 4) is 5.75 Å². The Bertz CT molecular complexity index is 612. The van der Waals surface area contributed by atoms with Gasteiger partial charge in [-0.2, -0.15) is 0 Å². The molecule has 1 saturated heterocycles. The molecule has 0 aromatic heterocycles. The average molecular weight is 425 g/mol. The van der Waals surface area contributed by atoms with Crippen LogP contribution < -0.4 is 10.2 Å². The predicted octanol–water partition coefficient (Wildman–Crippen LogP) is 4.82. The third-order valence-electron chi connectivity index (χ3n) is 5.71. The first-order chi connectivity index (χ1) is 12.2. The Morgan fingerprint density at radius 3 is 2.27 bits per heavy atom. The lowest BCUT2D eigenvalue weighted by atomic mass is 9.79. The molecule has 1 saturated carbocycles. The lowest BCUT2D eigenvalue weighted by Crippen LogP contribution is -2.41. The zero-order valence-electron chi connectivity index (χ0n) is 16.5. The van der Waals surface area contributed by atoms with Gasteiger partial charge in [-0.05, 0) is 81.0 Å². The zero-order valence-corrected chi connectivity index (χ0v) is 18.1. The number of rotatable bonds is 5. The van der Waals surface area contributed by atoms with Gasteiger partial charge in [0.05, 0.1) is 21.8 Å². The highest BCUT2D eigenvalue weighted by molar-refractivity contribution is 9.10. The maximum Gasteiger partial charge on any atom is 0.494 e. The SMILES string of the molecule is CC(Oc1ccc(B2OC(C)(C)C(C)(C)O2)cc1Br)OC1CCCCC1. The van der Waals surface area contributed by atoms with Crippen molar-refractivity contribution in [1.82, 2.24) is 0 Å². The second-order valence-corrected chi connectivity index (χ2v) is 9.21. The van der Waals surface area contributed by atoms with Crippen LogP contribution in [0.15, 0.2) is 22.7 Å². The van der Waals surface area contributed by atoms with Crippen molar-refractivity contribution in [1.29, 1.82) is 0 Å². The summed E-state index contributed by atoms with van der Waals surface area (Å²) in [6.45, 7) is 10.2. The monoisotopic (exact) mass is 424 g/mol. The van der Waals surface area contributed by atoms with Gasteiger partial charge in [0.15, 0.2) is 6.29 Å². The van der Waals surface area contributed by atoms with E-state index >= 15 is 0 Å². The molecule has 1 aromatic rings. The normalized spacial score (nSPS) is 23.8. The summed E-state index contributed by atoms with van der Waals surface area (Å²) in [5.41, 5.74) is 0.285. The Labute approximate surface area is 166 Å². The minimum atomic E-state index is -0.374. The minimum absolute atomic E-state index is 0.267. The van der Waals surface area contributed by atoms with Crippen molar-refractivity contribution in [2.45, 2.75) is 90.3 Å². The molecule has 6 heteroatoms. The molecule has 1 atom stereocenters. The van der Waals surface area contributed by atoms with Gasteiger partial charge in [0, 0.05) is 0 Å². The highest BCUT2D eigenvalue weighted by Gasteiger charge is 2.51. The molecule has 144 valence electrons. The van der Waals surface area contributed by atoms with E-state index in [4.69, 9.17) is 18.8 Å². The van der Waals surface area contributed by atoms with Gasteiger partial charge in [0.2, 0.25) is 0 Å². The molecule has 4 nitrogen and oxygen atoms in total. The Balaban J connectivity index is 1.62. The van der Waals surface area contributed by atoms with Crippen LogP contribution in [0.3, 0.4) is 0 Å². The molecule has 3 rings (SSSR count). The molecule has 2 fully saturated rings. The van der Waals surface area contributed by atoms with Crippen molar-refractivity contribution in [2.24, 2.45) is 0 Å². The summed E-state index contributed by atoms with van der Waals surface area (Å²) >= 11 is 3.61. The summed E-state index contributed by atoms with van der Waals surface area (Å²) in [4.78, 5) is 0. The van der Waals surface area contributed by atoms with Gasteiger partial charge in [-0.3, -0.25) is 0 Å². The van der Waals surface area contributed by atoms with Crippen molar-refractivity contribution in [3.63, 3.8) is 0 Å². The van der Waals surface area contributed by atoms with E-state index in [2.05, 4.69) is 43.6 Å². The fourth-order valence-corrected chi connectivity index (χ4v) is 3.91. The fraction of sp³-hybridized carbons (Fsp3) is 0.700. The summed E-state index contributed by atoms with van der Waals surface area (Å²) in [7, 11) is -0.374. The summed E-state index contributed by atoms with van der Waals surface area (Å²) in [5, 5.41) is 0. The molecular formula is C20H30BBrO4. The lowest BCUT2D eigenvalue weighted by molar-refractivity contribution is -0.117. The van der Waals surface area contributed by atoms with E-state index < -0.39 is 0 Å². The Kier molecular flexibility index (Phi) is 6.07. The standard InChI is InChI=1S/C20H30BBrO4/c1-14(23-16-9-7-6-8-10-16)24-18-12-11-15(13-17(18)22)21-25-19(2,3)20(4,5)26-21/h11-14,16H,6-10H2,1-5H3. The molecule has 1 unspecified atom stereocenters. The maximum absolute atomic E-state index is 6.12. The van der Waals surface area contributed by atoms with Crippen LogP contribution in [-0.4, -0.2) is 30.7 Å². The number of hydrogen-bond donors (Lipinski definition) is 0. The molecule has 0 bridgehead atoms. The van der Waals surface area contributed by atoms with Crippen LogP contribution in [0.4, 0.5) is 0 Å². The lowest BCUT2D eigenvalue weighted by Gasteiger charge is -2.32. The largest absolute Gasteiger partial charge is 0.494 e. The van der Waals surface area contributed by atoms with Crippen molar-refractivity contribution in [2.75, 3.05) is 0 Å². The van der Waals surface area contributed by atoms with E-state index in [1.807, 2.05) is 25.1 Å². The van der Waals surface area contributed by atoms with Crippen LogP contribution in [0.5, 0.6) is 5.75 Å². The van der Waals surface area contributed by atoms with E-state index in [9.17, 15) is 0 Å². The van der Waals surface area contributed by atoms with Gasteiger partial charge >= 0.3 is 7.12 Å². The van der Waals surface area contributed by atoms with Crippen LogP contribution in [0.25, 0.3) is 0 Å². The summed E-state index contributed by atoms with van der Waals surface area (Å²) in [6.07, 6.45) is 6.15. The molecule has 0 amide bonds. The van der Waals surface area contributed by atoms with Gasteiger partial charge in [-0.1, -0.05) is 25.3 Å². The summed E-state index contributed by atoms with van der Waals surface area (Å²) in [6, 6.07) is 5.95. The number of benzene rings is 1. The fourth-order valence-electron chi connectivity index (χ4n) is 3.42. The first-order valence-corrected chi connectivity index (χ1v) is 10.4.